The molecule has 150 valence electrons. The summed E-state index contributed by atoms with van der Waals surface area (Å²) in [6.45, 7) is 0.638. The van der Waals surface area contributed by atoms with Crippen LogP contribution in [0.2, 0.25) is 0 Å². The first-order valence-corrected chi connectivity index (χ1v) is 9.75. The van der Waals surface area contributed by atoms with E-state index >= 15 is 0 Å². The Morgan fingerprint density at radius 3 is 2.77 bits per heavy atom. The number of nitrogen functional groups attached to an aromatic ring is 1. The van der Waals surface area contributed by atoms with Crippen molar-refractivity contribution in [3.8, 4) is 11.1 Å². The molecule has 0 aliphatic carbocycles. The zero-order valence-electron chi connectivity index (χ0n) is 16.5. The first-order chi connectivity index (χ1) is 14.5. The molecule has 0 bridgehead atoms. The smallest absolute Gasteiger partial charge is 0.231 e. The van der Waals surface area contributed by atoms with E-state index in [0.29, 0.717) is 12.4 Å². The van der Waals surface area contributed by atoms with Crippen molar-refractivity contribution in [2.24, 2.45) is 7.05 Å². The number of nitrogens with zero attached hydrogens (tertiary/aromatic N) is 4. The van der Waals surface area contributed by atoms with Gasteiger partial charge in [-0.15, -0.1) is 0 Å². The van der Waals surface area contributed by atoms with Gasteiger partial charge in [-0.25, -0.2) is 14.4 Å². The van der Waals surface area contributed by atoms with Gasteiger partial charge in [0, 0.05) is 31.0 Å². The molecule has 4 aromatic rings. The van der Waals surface area contributed by atoms with Crippen LogP contribution in [-0.2, 0) is 24.7 Å². The Hall–Kier alpha value is -3.74. The van der Waals surface area contributed by atoms with Crippen LogP contribution >= 0.6 is 0 Å². The third-order valence-corrected chi connectivity index (χ3v) is 5.64. The molecule has 0 spiro atoms. The highest BCUT2D eigenvalue weighted by molar-refractivity contribution is 6.02. The van der Waals surface area contributed by atoms with Crippen LogP contribution < -0.4 is 10.6 Å². The Morgan fingerprint density at radius 2 is 1.97 bits per heavy atom. The van der Waals surface area contributed by atoms with E-state index in [4.69, 9.17) is 5.73 Å². The molecular formula is C23H20FN5O. The number of aromatic nitrogens is 3. The minimum atomic E-state index is -0.301. The normalized spacial score (nSPS) is 13.1. The van der Waals surface area contributed by atoms with E-state index in [2.05, 4.69) is 16.0 Å². The van der Waals surface area contributed by atoms with Crippen molar-refractivity contribution in [1.82, 2.24) is 14.5 Å². The summed E-state index contributed by atoms with van der Waals surface area (Å²) in [5.41, 5.74) is 11.8. The number of nitrogens with two attached hydrogens (primary N) is 1. The predicted molar refractivity (Wildman–Crippen MR) is 115 cm³/mol. The molecule has 2 N–H and O–H groups in total. The average molecular weight is 401 g/mol. The van der Waals surface area contributed by atoms with Gasteiger partial charge in [0.15, 0.2) is 0 Å². The molecule has 0 radical (unpaired) electrons. The second-order valence-electron chi connectivity index (χ2n) is 7.55. The topological polar surface area (TPSA) is 77.0 Å². The van der Waals surface area contributed by atoms with Crippen molar-refractivity contribution in [3.05, 3.63) is 71.9 Å². The lowest BCUT2D eigenvalue weighted by atomic mass is 10.0. The Kier molecular flexibility index (Phi) is 4.24. The number of halogens is 1. The summed E-state index contributed by atoms with van der Waals surface area (Å²) in [7, 11) is 1.93. The van der Waals surface area contributed by atoms with Crippen LogP contribution in [0.1, 0.15) is 11.1 Å². The lowest BCUT2D eigenvalue weighted by molar-refractivity contribution is -0.117. The number of hydrogen-bond donors (Lipinski definition) is 1. The van der Waals surface area contributed by atoms with E-state index in [1.807, 2.05) is 34.8 Å². The van der Waals surface area contributed by atoms with Gasteiger partial charge in [0.1, 0.15) is 23.6 Å². The van der Waals surface area contributed by atoms with Crippen LogP contribution in [0.15, 0.2) is 55.0 Å². The van der Waals surface area contributed by atoms with Gasteiger partial charge < -0.3 is 15.2 Å². The molecule has 0 unspecified atom stereocenters. The third kappa shape index (κ3) is 2.99. The van der Waals surface area contributed by atoms with Crippen molar-refractivity contribution >= 4 is 28.4 Å². The molecule has 2 aromatic heterocycles. The number of benzene rings is 2. The summed E-state index contributed by atoms with van der Waals surface area (Å²) in [6, 6.07) is 12.2. The Labute approximate surface area is 172 Å². The van der Waals surface area contributed by atoms with Gasteiger partial charge in [-0.3, -0.25) is 4.79 Å². The zero-order valence-corrected chi connectivity index (χ0v) is 16.5. The molecule has 6 nitrogen and oxygen atoms in total. The van der Waals surface area contributed by atoms with Gasteiger partial charge in [-0.2, -0.15) is 0 Å². The van der Waals surface area contributed by atoms with E-state index in [-0.39, 0.29) is 18.1 Å². The van der Waals surface area contributed by atoms with Gasteiger partial charge >= 0.3 is 0 Å². The number of aryl methyl sites for hydroxylation is 1. The van der Waals surface area contributed by atoms with Crippen molar-refractivity contribution in [1.29, 1.82) is 0 Å². The van der Waals surface area contributed by atoms with E-state index in [1.165, 1.54) is 18.5 Å². The van der Waals surface area contributed by atoms with Crippen LogP contribution in [0.25, 0.3) is 22.2 Å². The minimum Gasteiger partial charge on any atom is -0.383 e. The van der Waals surface area contributed by atoms with Gasteiger partial charge in [-0.05, 0) is 47.4 Å². The number of rotatable bonds is 3. The Morgan fingerprint density at radius 1 is 1.17 bits per heavy atom. The summed E-state index contributed by atoms with van der Waals surface area (Å²) >= 11 is 0. The average Bonchev–Trinajstić information content (AvgIpc) is 3.31. The van der Waals surface area contributed by atoms with Crippen LogP contribution in [-0.4, -0.2) is 27.0 Å². The maximum absolute atomic E-state index is 13.1. The highest BCUT2D eigenvalue weighted by Crippen LogP contribution is 2.37. The fourth-order valence-corrected chi connectivity index (χ4v) is 4.15. The second-order valence-corrected chi connectivity index (χ2v) is 7.55. The lowest BCUT2D eigenvalue weighted by Gasteiger charge is -2.18. The number of carbonyl (C=O) groups excluding carboxylic acids is 1. The molecule has 1 aliphatic rings. The highest BCUT2D eigenvalue weighted by Gasteiger charge is 2.25. The first-order valence-electron chi connectivity index (χ1n) is 9.75. The van der Waals surface area contributed by atoms with Crippen LogP contribution in [0.4, 0.5) is 15.9 Å². The Balaban J connectivity index is 1.46. The van der Waals surface area contributed by atoms with Crippen molar-refractivity contribution < 1.29 is 9.18 Å². The number of fused-ring (bicyclic) bond motifs is 2. The molecular weight excluding hydrogens is 381 g/mol. The SMILES string of the molecule is Cn1cc(-c2ccc3c(c2)CCN3C(=O)Cc2ccc(F)cc2)c2c(N)ncnc21. The van der Waals surface area contributed by atoms with E-state index in [1.54, 1.807) is 12.1 Å². The Bertz CT molecular complexity index is 1280. The number of amides is 1. The van der Waals surface area contributed by atoms with Gasteiger partial charge in [-0.1, -0.05) is 18.2 Å². The van der Waals surface area contributed by atoms with E-state index in [9.17, 15) is 9.18 Å². The summed E-state index contributed by atoms with van der Waals surface area (Å²) < 4.78 is 15.1. The molecule has 5 rings (SSSR count). The monoisotopic (exact) mass is 401 g/mol. The largest absolute Gasteiger partial charge is 0.383 e. The maximum Gasteiger partial charge on any atom is 0.231 e. The van der Waals surface area contributed by atoms with Crippen molar-refractivity contribution in [2.75, 3.05) is 17.2 Å². The van der Waals surface area contributed by atoms with Crippen LogP contribution in [0, 0.1) is 5.82 Å². The molecule has 0 fully saturated rings. The number of hydrogen-bond acceptors (Lipinski definition) is 4. The molecule has 30 heavy (non-hydrogen) atoms. The van der Waals surface area contributed by atoms with E-state index in [0.717, 1.165) is 45.4 Å². The fraction of sp³-hybridized carbons (Fsp3) is 0.174. The summed E-state index contributed by atoms with van der Waals surface area (Å²) in [6.07, 6.45) is 4.51. The number of anilines is 2. The molecule has 0 atom stereocenters. The van der Waals surface area contributed by atoms with Gasteiger partial charge in [0.2, 0.25) is 5.91 Å². The number of carbonyl (C=O) groups is 1. The zero-order chi connectivity index (χ0) is 20.8. The molecule has 1 aliphatic heterocycles. The summed E-state index contributed by atoms with van der Waals surface area (Å²) in [5.74, 6) is 0.160. The summed E-state index contributed by atoms with van der Waals surface area (Å²) in [4.78, 5) is 23.1. The van der Waals surface area contributed by atoms with Gasteiger partial charge in [0.05, 0.1) is 11.8 Å². The molecule has 7 heteroatoms. The summed E-state index contributed by atoms with van der Waals surface area (Å²) in [5, 5.41) is 0.835. The molecule has 0 saturated carbocycles. The molecule has 1 amide bonds. The first kappa shape index (κ1) is 18.3. The highest BCUT2D eigenvalue weighted by atomic mass is 19.1. The van der Waals surface area contributed by atoms with Crippen LogP contribution in [0.3, 0.4) is 0 Å². The van der Waals surface area contributed by atoms with Gasteiger partial charge in [0.25, 0.3) is 0 Å². The van der Waals surface area contributed by atoms with Crippen molar-refractivity contribution in [2.45, 2.75) is 12.8 Å². The quantitative estimate of drug-likeness (QED) is 0.570. The standard InChI is InChI=1S/C23H20FN5O/c1-28-12-18(21-22(25)26-13-27-23(21)28)15-4-7-19-16(11-15)8-9-29(19)20(30)10-14-2-5-17(24)6-3-14/h2-7,11-13H,8-10H2,1H3,(H2,25,26,27). The second kappa shape index (κ2) is 6.95. The maximum atomic E-state index is 13.1. The third-order valence-electron chi connectivity index (χ3n) is 5.64. The molecule has 0 saturated heterocycles. The van der Waals surface area contributed by atoms with Crippen LogP contribution in [0.5, 0.6) is 0 Å². The van der Waals surface area contributed by atoms with Crippen molar-refractivity contribution in [3.63, 3.8) is 0 Å². The lowest BCUT2D eigenvalue weighted by Crippen LogP contribution is -2.30. The molecule has 2 aromatic carbocycles. The van der Waals surface area contributed by atoms with E-state index < -0.39 is 0 Å². The molecule has 3 heterocycles. The fourth-order valence-electron chi connectivity index (χ4n) is 4.15. The predicted octanol–water partition coefficient (Wildman–Crippen LogP) is 3.49. The minimum absolute atomic E-state index is 0.0101.